The van der Waals surface area contributed by atoms with Crippen molar-refractivity contribution in [1.82, 2.24) is 5.32 Å². The second-order valence-electron chi connectivity index (χ2n) is 2.54. The topological polar surface area (TPSA) is 67.8 Å². The van der Waals surface area contributed by atoms with Crippen LogP contribution in [0, 0.1) is 0 Å². The van der Waals surface area contributed by atoms with Gasteiger partial charge in [0.05, 0.1) is 25.3 Å². The number of methoxy groups -OCH3 is 1. The lowest BCUT2D eigenvalue weighted by Gasteiger charge is -2.01. The number of carbonyl (C=O) groups excluding carboxylic acids is 2. The first-order valence-corrected chi connectivity index (χ1v) is 3.58. The third kappa shape index (κ3) is 1.81. The zero-order chi connectivity index (χ0) is 9.14. The molecule has 0 radical (unpaired) electrons. The van der Waals surface area contributed by atoms with E-state index in [0.29, 0.717) is 5.71 Å². The van der Waals surface area contributed by atoms with Gasteiger partial charge < -0.3 is 10.1 Å². The highest BCUT2D eigenvalue weighted by atomic mass is 16.5. The van der Waals surface area contributed by atoms with Crippen LogP contribution in [0.5, 0.6) is 0 Å². The van der Waals surface area contributed by atoms with Gasteiger partial charge in [-0.25, -0.2) is 4.79 Å². The van der Waals surface area contributed by atoms with Crippen LogP contribution < -0.4 is 5.32 Å². The molecular weight excluding hydrogens is 160 g/mol. The van der Waals surface area contributed by atoms with Crippen molar-refractivity contribution in [2.45, 2.75) is 19.4 Å². The third-order valence-electron chi connectivity index (χ3n) is 1.63. The van der Waals surface area contributed by atoms with Gasteiger partial charge in [0, 0.05) is 0 Å². The van der Waals surface area contributed by atoms with Gasteiger partial charge in [-0.3, -0.25) is 4.79 Å². The molecule has 1 fully saturated rings. The van der Waals surface area contributed by atoms with E-state index in [4.69, 9.17) is 0 Å². The van der Waals surface area contributed by atoms with Gasteiger partial charge in [-0.05, 0) is 6.92 Å². The Morgan fingerprint density at radius 2 is 2.42 bits per heavy atom. The van der Waals surface area contributed by atoms with Crippen LogP contribution in [0.25, 0.3) is 0 Å². The molecule has 1 rings (SSSR count). The van der Waals surface area contributed by atoms with Gasteiger partial charge in [0.1, 0.15) is 0 Å². The fourth-order valence-corrected chi connectivity index (χ4v) is 0.993. The van der Waals surface area contributed by atoms with Crippen molar-refractivity contribution in [2.75, 3.05) is 7.11 Å². The summed E-state index contributed by atoms with van der Waals surface area (Å²) < 4.78 is 4.33. The Kier molecular flexibility index (Phi) is 2.42. The molecule has 1 N–H and O–H groups in total. The molecule has 0 bridgehead atoms. The standard InChI is InChI=1S/C7H10N2O3/c1-4-5(3-6(10)8-4)9-7(11)12-2/h4H,3H2,1-2H3,(H,8,10)/b9-5-. The van der Waals surface area contributed by atoms with Crippen molar-refractivity contribution >= 4 is 17.7 Å². The van der Waals surface area contributed by atoms with Crippen LogP contribution in [-0.2, 0) is 9.53 Å². The van der Waals surface area contributed by atoms with E-state index in [1.807, 2.05) is 0 Å². The second kappa shape index (κ2) is 3.34. The number of aliphatic imine (C=N–C) groups is 1. The molecule has 1 saturated heterocycles. The maximum Gasteiger partial charge on any atom is 0.433 e. The van der Waals surface area contributed by atoms with Crippen LogP contribution >= 0.6 is 0 Å². The Bertz CT molecular complexity index is 247. The Balaban J connectivity index is 2.69. The molecule has 0 aromatic heterocycles. The summed E-state index contributed by atoms with van der Waals surface area (Å²) in [5, 5.41) is 2.62. The lowest BCUT2D eigenvalue weighted by atomic mass is 10.2. The van der Waals surface area contributed by atoms with Crippen molar-refractivity contribution in [3.8, 4) is 0 Å². The molecule has 1 aliphatic heterocycles. The molecule has 0 aliphatic carbocycles. The number of carbonyl (C=O) groups is 2. The summed E-state index contributed by atoms with van der Waals surface area (Å²) in [6, 6.07) is -0.156. The van der Waals surface area contributed by atoms with Crippen LogP contribution in [0.3, 0.4) is 0 Å². The van der Waals surface area contributed by atoms with Crippen molar-refractivity contribution in [3.05, 3.63) is 0 Å². The summed E-state index contributed by atoms with van der Waals surface area (Å²) in [6.45, 7) is 1.77. The first-order valence-electron chi connectivity index (χ1n) is 3.58. The van der Waals surface area contributed by atoms with Gasteiger partial charge in [-0.15, -0.1) is 0 Å². The molecule has 2 amide bonds. The summed E-state index contributed by atoms with van der Waals surface area (Å²) in [6.07, 6.45) is -0.468. The van der Waals surface area contributed by atoms with Gasteiger partial charge in [0.2, 0.25) is 5.91 Å². The van der Waals surface area contributed by atoms with Crippen LogP contribution in [-0.4, -0.2) is 30.9 Å². The summed E-state index contributed by atoms with van der Waals surface area (Å²) in [5.41, 5.74) is 0.534. The van der Waals surface area contributed by atoms with Gasteiger partial charge in [0.15, 0.2) is 0 Å². The zero-order valence-electron chi connectivity index (χ0n) is 6.96. The first-order chi connectivity index (χ1) is 5.63. The molecule has 0 saturated carbocycles. The first kappa shape index (κ1) is 8.70. The van der Waals surface area contributed by atoms with E-state index >= 15 is 0 Å². The fraction of sp³-hybridized carbons (Fsp3) is 0.571. The Hall–Kier alpha value is -1.39. The Morgan fingerprint density at radius 1 is 1.75 bits per heavy atom. The van der Waals surface area contributed by atoms with Crippen molar-refractivity contribution in [2.24, 2.45) is 4.99 Å². The van der Waals surface area contributed by atoms with Gasteiger partial charge >= 0.3 is 6.09 Å². The molecule has 5 nitrogen and oxygen atoms in total. The lowest BCUT2D eigenvalue weighted by Crippen LogP contribution is -2.25. The summed E-state index contributed by atoms with van der Waals surface area (Å²) in [5.74, 6) is -0.106. The molecule has 0 aromatic rings. The zero-order valence-corrected chi connectivity index (χ0v) is 6.96. The largest absolute Gasteiger partial charge is 0.451 e. The normalized spacial score (nSPS) is 25.7. The Labute approximate surface area is 69.8 Å². The highest BCUT2D eigenvalue weighted by Crippen LogP contribution is 2.04. The van der Waals surface area contributed by atoms with E-state index in [0.717, 1.165) is 0 Å². The summed E-state index contributed by atoms with van der Waals surface area (Å²) in [4.78, 5) is 25.1. The highest BCUT2D eigenvalue weighted by molar-refractivity contribution is 6.12. The minimum absolute atomic E-state index is 0.106. The smallest absolute Gasteiger partial charge is 0.433 e. The third-order valence-corrected chi connectivity index (χ3v) is 1.63. The van der Waals surface area contributed by atoms with Crippen molar-refractivity contribution < 1.29 is 14.3 Å². The molecule has 5 heteroatoms. The van der Waals surface area contributed by atoms with Gasteiger partial charge in [0.25, 0.3) is 0 Å². The number of hydrogen-bond acceptors (Lipinski definition) is 3. The SMILES string of the molecule is COC(=O)/N=C1/CC(=O)NC1C. The van der Waals surface area contributed by atoms with Crippen LogP contribution in [0.2, 0.25) is 0 Å². The minimum Gasteiger partial charge on any atom is -0.451 e. The number of nitrogens with one attached hydrogen (secondary N) is 1. The number of hydrogen-bond donors (Lipinski definition) is 1. The molecule has 1 unspecified atom stereocenters. The monoisotopic (exact) mass is 170 g/mol. The Morgan fingerprint density at radius 3 is 2.83 bits per heavy atom. The van der Waals surface area contributed by atoms with Crippen LogP contribution in [0.1, 0.15) is 13.3 Å². The summed E-state index contributed by atoms with van der Waals surface area (Å²) in [7, 11) is 1.25. The molecule has 1 heterocycles. The molecule has 0 spiro atoms. The number of rotatable bonds is 0. The van der Waals surface area contributed by atoms with E-state index in [9.17, 15) is 9.59 Å². The maximum absolute atomic E-state index is 10.8. The van der Waals surface area contributed by atoms with E-state index in [1.54, 1.807) is 6.92 Å². The highest BCUT2D eigenvalue weighted by Gasteiger charge is 2.24. The van der Waals surface area contributed by atoms with Crippen molar-refractivity contribution in [1.29, 1.82) is 0 Å². The number of amides is 2. The van der Waals surface area contributed by atoms with Gasteiger partial charge in [-0.1, -0.05) is 0 Å². The second-order valence-corrected chi connectivity index (χ2v) is 2.54. The van der Waals surface area contributed by atoms with E-state index < -0.39 is 6.09 Å². The average Bonchev–Trinajstić information content (AvgIpc) is 2.30. The number of ether oxygens (including phenoxy) is 1. The molecule has 1 atom stereocenters. The van der Waals surface area contributed by atoms with E-state index in [1.165, 1.54) is 7.11 Å². The number of nitrogens with zero attached hydrogens (tertiary/aromatic N) is 1. The summed E-state index contributed by atoms with van der Waals surface area (Å²) >= 11 is 0. The van der Waals surface area contributed by atoms with E-state index in [2.05, 4.69) is 15.0 Å². The molecular formula is C7H10N2O3. The quantitative estimate of drug-likeness (QED) is 0.560. The van der Waals surface area contributed by atoms with E-state index in [-0.39, 0.29) is 18.4 Å². The maximum atomic E-state index is 10.8. The predicted molar refractivity (Wildman–Crippen MR) is 42.1 cm³/mol. The molecule has 12 heavy (non-hydrogen) atoms. The molecule has 66 valence electrons. The van der Waals surface area contributed by atoms with Crippen LogP contribution in [0.15, 0.2) is 4.99 Å². The molecule has 0 aromatic carbocycles. The van der Waals surface area contributed by atoms with Crippen molar-refractivity contribution in [3.63, 3.8) is 0 Å². The van der Waals surface area contributed by atoms with Crippen LogP contribution in [0.4, 0.5) is 4.79 Å². The minimum atomic E-state index is -0.659. The van der Waals surface area contributed by atoms with Gasteiger partial charge in [-0.2, -0.15) is 4.99 Å². The average molecular weight is 170 g/mol. The lowest BCUT2D eigenvalue weighted by molar-refractivity contribution is -0.119. The molecule has 1 aliphatic rings. The predicted octanol–water partition coefficient (Wildman–Crippen LogP) is 0.102. The fourth-order valence-electron chi connectivity index (χ4n) is 0.993.